The maximum atomic E-state index is 12.4. The fourth-order valence-electron chi connectivity index (χ4n) is 2.88. The molecule has 0 bridgehead atoms. The fourth-order valence-corrected chi connectivity index (χ4v) is 2.88. The van der Waals surface area contributed by atoms with E-state index in [4.69, 9.17) is 0 Å². The Morgan fingerprint density at radius 2 is 2.10 bits per heavy atom. The van der Waals surface area contributed by atoms with Gasteiger partial charge in [-0.05, 0) is 12.8 Å². The molecule has 1 unspecified atom stereocenters. The monoisotopic (exact) mass is 293 g/mol. The Kier molecular flexibility index (Phi) is 3.78. The highest BCUT2D eigenvalue weighted by atomic mass is 16.4. The number of piperidine rings is 1. The zero-order valence-corrected chi connectivity index (χ0v) is 11.7. The third kappa shape index (κ3) is 2.85. The number of aliphatic carboxylic acids is 1. The molecule has 0 radical (unpaired) electrons. The van der Waals surface area contributed by atoms with Gasteiger partial charge < -0.3 is 15.0 Å². The van der Waals surface area contributed by atoms with E-state index in [-0.39, 0.29) is 19.0 Å². The Labute approximate surface area is 122 Å². The van der Waals surface area contributed by atoms with E-state index in [2.05, 4.69) is 15.4 Å². The Morgan fingerprint density at radius 3 is 2.81 bits per heavy atom. The van der Waals surface area contributed by atoms with Gasteiger partial charge in [0.2, 0.25) is 0 Å². The summed E-state index contributed by atoms with van der Waals surface area (Å²) in [5.74, 6) is -1.00. The summed E-state index contributed by atoms with van der Waals surface area (Å²) in [7, 11) is 0. The standard InChI is InChI=1S/C13H19N5O3/c19-12(20)11-6-9-10(15-8-14-9)7-18(11)13(21)16-17-4-2-1-3-5-17/h8,11H,1-7H2,(H,14,15)(H,16,21)(H,19,20). The van der Waals surface area contributed by atoms with Crippen molar-refractivity contribution in [1.82, 2.24) is 25.3 Å². The third-order valence-corrected chi connectivity index (χ3v) is 4.05. The van der Waals surface area contributed by atoms with Gasteiger partial charge in [-0.2, -0.15) is 0 Å². The Bertz CT molecular complexity index is 538. The molecule has 8 heteroatoms. The van der Waals surface area contributed by atoms with Crippen molar-refractivity contribution in [1.29, 1.82) is 0 Å². The second-order valence-electron chi connectivity index (χ2n) is 5.48. The third-order valence-electron chi connectivity index (χ3n) is 4.05. The molecule has 0 aliphatic carbocycles. The van der Waals surface area contributed by atoms with Gasteiger partial charge in [-0.3, -0.25) is 5.43 Å². The summed E-state index contributed by atoms with van der Waals surface area (Å²) in [6, 6.07) is -1.23. The molecule has 1 fully saturated rings. The number of urea groups is 1. The molecule has 0 spiro atoms. The van der Waals surface area contributed by atoms with E-state index in [1.54, 1.807) is 0 Å². The topological polar surface area (TPSA) is 102 Å². The molecule has 2 aliphatic rings. The highest BCUT2D eigenvalue weighted by molar-refractivity contribution is 5.83. The van der Waals surface area contributed by atoms with Crippen molar-refractivity contribution in [3.63, 3.8) is 0 Å². The summed E-state index contributed by atoms with van der Waals surface area (Å²) >= 11 is 0. The van der Waals surface area contributed by atoms with Crippen LogP contribution in [-0.2, 0) is 17.8 Å². The van der Waals surface area contributed by atoms with Crippen LogP contribution in [0.5, 0.6) is 0 Å². The average molecular weight is 293 g/mol. The van der Waals surface area contributed by atoms with Crippen LogP contribution < -0.4 is 5.43 Å². The zero-order chi connectivity index (χ0) is 14.8. The number of hydrogen-bond donors (Lipinski definition) is 3. The van der Waals surface area contributed by atoms with Crippen LogP contribution in [0.25, 0.3) is 0 Å². The number of carboxylic acids is 1. The first kappa shape index (κ1) is 13.9. The van der Waals surface area contributed by atoms with Gasteiger partial charge >= 0.3 is 12.0 Å². The number of amides is 2. The van der Waals surface area contributed by atoms with Gasteiger partial charge in [-0.1, -0.05) is 6.42 Å². The molecule has 2 amide bonds. The molecule has 1 saturated heterocycles. The van der Waals surface area contributed by atoms with Gasteiger partial charge in [0.1, 0.15) is 6.04 Å². The first-order valence-corrected chi connectivity index (χ1v) is 7.21. The minimum absolute atomic E-state index is 0.238. The second kappa shape index (κ2) is 5.72. The summed E-state index contributed by atoms with van der Waals surface area (Å²) in [6.07, 6.45) is 5.04. The number of hydrogen-bond acceptors (Lipinski definition) is 4. The number of imidazole rings is 1. The lowest BCUT2D eigenvalue weighted by Crippen LogP contribution is -2.56. The van der Waals surface area contributed by atoms with Gasteiger partial charge in [0.05, 0.1) is 24.3 Å². The first-order chi connectivity index (χ1) is 10.1. The molecule has 3 rings (SSSR count). The number of hydrazine groups is 1. The molecule has 1 aromatic rings. The lowest BCUT2D eigenvalue weighted by Gasteiger charge is -2.35. The molecule has 21 heavy (non-hydrogen) atoms. The number of nitrogens with zero attached hydrogens (tertiary/aromatic N) is 3. The van der Waals surface area contributed by atoms with Crippen LogP contribution in [0.4, 0.5) is 4.79 Å². The van der Waals surface area contributed by atoms with Gasteiger partial charge in [-0.25, -0.2) is 19.6 Å². The predicted octanol–water partition coefficient (Wildman–Crippen LogP) is 0.331. The number of aromatic nitrogens is 2. The van der Waals surface area contributed by atoms with E-state index in [0.717, 1.165) is 37.3 Å². The molecule has 1 aromatic heterocycles. The van der Waals surface area contributed by atoms with E-state index in [1.807, 2.05) is 5.01 Å². The van der Waals surface area contributed by atoms with Crippen LogP contribution in [0.3, 0.4) is 0 Å². The molecular weight excluding hydrogens is 274 g/mol. The van der Waals surface area contributed by atoms with Crippen molar-refractivity contribution < 1.29 is 14.7 Å². The van der Waals surface area contributed by atoms with Gasteiger partial charge in [-0.15, -0.1) is 0 Å². The van der Waals surface area contributed by atoms with Crippen LogP contribution in [0.15, 0.2) is 6.33 Å². The molecule has 114 valence electrons. The number of H-pyrrole nitrogens is 1. The van der Waals surface area contributed by atoms with Crippen molar-refractivity contribution >= 4 is 12.0 Å². The molecule has 3 heterocycles. The normalized spacial score (nSPS) is 22.7. The summed E-state index contributed by atoms with van der Waals surface area (Å²) in [5.41, 5.74) is 4.35. The number of rotatable bonds is 2. The van der Waals surface area contributed by atoms with Gasteiger partial charge in [0.15, 0.2) is 0 Å². The van der Waals surface area contributed by atoms with E-state index < -0.39 is 12.0 Å². The lowest BCUT2D eigenvalue weighted by molar-refractivity contribution is -0.142. The predicted molar refractivity (Wildman–Crippen MR) is 73.2 cm³/mol. The number of fused-ring (bicyclic) bond motifs is 1. The highest BCUT2D eigenvalue weighted by Gasteiger charge is 2.36. The summed E-state index contributed by atoms with van der Waals surface area (Å²) in [5, 5.41) is 11.2. The Balaban J connectivity index is 1.72. The minimum Gasteiger partial charge on any atom is -0.480 e. The Hall–Kier alpha value is -2.09. The number of carbonyl (C=O) groups is 2. The highest BCUT2D eigenvalue weighted by Crippen LogP contribution is 2.21. The number of nitrogens with one attached hydrogen (secondary N) is 2. The summed E-state index contributed by atoms with van der Waals surface area (Å²) in [6.45, 7) is 1.87. The van der Waals surface area contributed by atoms with Crippen LogP contribution >= 0.6 is 0 Å². The molecule has 3 N–H and O–H groups in total. The molecular formula is C13H19N5O3. The SMILES string of the molecule is O=C(O)C1Cc2nc[nH]c2CN1C(=O)NN1CCCCC1. The quantitative estimate of drug-likeness (QED) is 0.729. The number of carboxylic acid groups (broad SMARTS) is 1. The molecule has 0 aromatic carbocycles. The maximum absolute atomic E-state index is 12.4. The van der Waals surface area contributed by atoms with Crippen molar-refractivity contribution in [2.45, 2.75) is 38.3 Å². The van der Waals surface area contributed by atoms with Gasteiger partial charge in [0.25, 0.3) is 0 Å². The van der Waals surface area contributed by atoms with Crippen molar-refractivity contribution in [3.8, 4) is 0 Å². The smallest absolute Gasteiger partial charge is 0.333 e. The van der Waals surface area contributed by atoms with Crippen LogP contribution in [0.2, 0.25) is 0 Å². The van der Waals surface area contributed by atoms with Gasteiger partial charge in [0, 0.05) is 19.5 Å². The number of carbonyl (C=O) groups excluding carboxylic acids is 1. The van der Waals surface area contributed by atoms with Crippen LogP contribution in [-0.4, -0.2) is 56.1 Å². The number of aromatic amines is 1. The Morgan fingerprint density at radius 1 is 1.33 bits per heavy atom. The van der Waals surface area contributed by atoms with E-state index >= 15 is 0 Å². The first-order valence-electron chi connectivity index (χ1n) is 7.21. The van der Waals surface area contributed by atoms with Crippen molar-refractivity contribution in [2.24, 2.45) is 0 Å². The molecule has 2 aliphatic heterocycles. The van der Waals surface area contributed by atoms with E-state index in [0.29, 0.717) is 0 Å². The second-order valence-corrected chi connectivity index (χ2v) is 5.48. The average Bonchev–Trinajstić information content (AvgIpc) is 2.94. The van der Waals surface area contributed by atoms with Crippen LogP contribution in [0.1, 0.15) is 30.7 Å². The lowest BCUT2D eigenvalue weighted by atomic mass is 10.0. The van der Waals surface area contributed by atoms with Crippen molar-refractivity contribution in [2.75, 3.05) is 13.1 Å². The summed E-state index contributed by atoms with van der Waals surface area (Å²) in [4.78, 5) is 32.2. The maximum Gasteiger partial charge on any atom is 0.333 e. The minimum atomic E-state index is -1.00. The molecule has 0 saturated carbocycles. The van der Waals surface area contributed by atoms with Crippen molar-refractivity contribution in [3.05, 3.63) is 17.7 Å². The summed E-state index contributed by atoms with van der Waals surface area (Å²) < 4.78 is 0. The van der Waals surface area contributed by atoms with Crippen LogP contribution in [0, 0.1) is 0 Å². The van der Waals surface area contributed by atoms with E-state index in [1.165, 1.54) is 17.6 Å². The zero-order valence-electron chi connectivity index (χ0n) is 11.7. The molecule has 8 nitrogen and oxygen atoms in total. The fraction of sp³-hybridized carbons (Fsp3) is 0.615. The molecule has 1 atom stereocenters. The van der Waals surface area contributed by atoms with E-state index in [9.17, 15) is 14.7 Å². The largest absolute Gasteiger partial charge is 0.480 e.